The van der Waals surface area contributed by atoms with Gasteiger partial charge >= 0.3 is 6.03 Å². The average Bonchev–Trinajstić information content (AvgIpc) is 2.75. The van der Waals surface area contributed by atoms with Crippen LogP contribution in [0.1, 0.15) is 11.6 Å². The number of ether oxygens (including phenoxy) is 1. The summed E-state index contributed by atoms with van der Waals surface area (Å²) in [6.07, 6.45) is 0. The number of morpholine rings is 1. The summed E-state index contributed by atoms with van der Waals surface area (Å²) in [6.45, 7) is 3.58. The largest absolute Gasteiger partial charge is 0.378 e. The summed E-state index contributed by atoms with van der Waals surface area (Å²) in [5.74, 6) is 1.85. The maximum Gasteiger partial charge on any atom is 0.322 e. The highest BCUT2D eigenvalue weighted by atomic mass is 35.5. The Labute approximate surface area is 175 Å². The summed E-state index contributed by atoms with van der Waals surface area (Å²) >= 11 is 8.39. The molecule has 5 nitrogen and oxygen atoms in total. The van der Waals surface area contributed by atoms with Crippen molar-refractivity contribution in [2.45, 2.75) is 6.04 Å². The molecule has 0 aromatic heterocycles. The summed E-state index contributed by atoms with van der Waals surface area (Å²) in [4.78, 5) is 17.3. The Balaban J connectivity index is 1.56. The number of nitrogens with zero attached hydrogens (tertiary/aromatic N) is 2. The van der Waals surface area contributed by atoms with Gasteiger partial charge in [-0.2, -0.15) is 11.8 Å². The molecule has 148 valence electrons. The molecule has 0 spiro atoms. The van der Waals surface area contributed by atoms with Crippen LogP contribution in [0.3, 0.4) is 0 Å². The number of nitrogens with one attached hydrogen (secondary N) is 1. The molecule has 2 aromatic rings. The SMILES string of the molecule is O=C(Nc1cccc(Cl)c1N1CCOCC1)N1CCSC[C@H]1c1ccccc1. The zero-order valence-electron chi connectivity index (χ0n) is 15.6. The monoisotopic (exact) mass is 417 g/mol. The zero-order valence-corrected chi connectivity index (χ0v) is 17.2. The van der Waals surface area contributed by atoms with E-state index < -0.39 is 0 Å². The Kier molecular flexibility index (Phi) is 6.29. The molecule has 2 aliphatic rings. The number of halogens is 1. The molecule has 2 aliphatic heterocycles. The molecule has 0 bridgehead atoms. The second kappa shape index (κ2) is 9.07. The number of thioether (sulfide) groups is 1. The summed E-state index contributed by atoms with van der Waals surface area (Å²) in [5, 5.41) is 3.78. The molecule has 2 amide bonds. The maximum absolute atomic E-state index is 13.2. The molecule has 28 heavy (non-hydrogen) atoms. The van der Waals surface area contributed by atoms with Gasteiger partial charge in [0.05, 0.1) is 35.7 Å². The van der Waals surface area contributed by atoms with Gasteiger partial charge in [0.2, 0.25) is 0 Å². The molecule has 1 N–H and O–H groups in total. The van der Waals surface area contributed by atoms with Crippen molar-refractivity contribution >= 4 is 40.8 Å². The van der Waals surface area contributed by atoms with E-state index in [0.29, 0.717) is 18.2 Å². The maximum atomic E-state index is 13.2. The third-order valence-electron chi connectivity index (χ3n) is 5.13. The van der Waals surface area contributed by atoms with Crippen LogP contribution < -0.4 is 10.2 Å². The first-order valence-electron chi connectivity index (χ1n) is 9.55. The average molecular weight is 418 g/mol. The lowest BCUT2D eigenvalue weighted by Crippen LogP contribution is -2.43. The van der Waals surface area contributed by atoms with Crippen LogP contribution in [0.15, 0.2) is 48.5 Å². The number of carbonyl (C=O) groups is 1. The fraction of sp³-hybridized carbons (Fsp3) is 0.381. The Morgan fingerprint density at radius 1 is 1.07 bits per heavy atom. The van der Waals surface area contributed by atoms with Crippen molar-refractivity contribution in [1.82, 2.24) is 4.90 Å². The fourth-order valence-corrected chi connectivity index (χ4v) is 5.09. The third-order valence-corrected chi connectivity index (χ3v) is 6.46. The van der Waals surface area contributed by atoms with Gasteiger partial charge in [0, 0.05) is 31.1 Å². The van der Waals surface area contributed by atoms with Crippen LogP contribution in [0.2, 0.25) is 5.02 Å². The first-order chi connectivity index (χ1) is 13.7. The van der Waals surface area contributed by atoms with Gasteiger partial charge in [-0.05, 0) is 17.7 Å². The van der Waals surface area contributed by atoms with Gasteiger partial charge in [-0.3, -0.25) is 0 Å². The van der Waals surface area contributed by atoms with E-state index in [1.807, 2.05) is 53.1 Å². The summed E-state index contributed by atoms with van der Waals surface area (Å²) in [5.41, 5.74) is 2.80. The van der Waals surface area contributed by atoms with Crippen LogP contribution >= 0.6 is 23.4 Å². The highest BCUT2D eigenvalue weighted by Gasteiger charge is 2.29. The molecule has 0 aliphatic carbocycles. The topological polar surface area (TPSA) is 44.8 Å². The number of hydrogen-bond acceptors (Lipinski definition) is 4. The minimum absolute atomic E-state index is 0.0750. The number of benzene rings is 2. The molecule has 2 fully saturated rings. The summed E-state index contributed by atoms with van der Waals surface area (Å²) in [7, 11) is 0. The van der Waals surface area contributed by atoms with Crippen molar-refractivity contribution in [1.29, 1.82) is 0 Å². The number of rotatable bonds is 3. The number of urea groups is 1. The number of para-hydroxylation sites is 1. The molecule has 2 saturated heterocycles. The molecule has 7 heteroatoms. The van der Waals surface area contributed by atoms with Crippen molar-refractivity contribution in [3.63, 3.8) is 0 Å². The third kappa shape index (κ3) is 4.24. The first-order valence-corrected chi connectivity index (χ1v) is 11.1. The van der Waals surface area contributed by atoms with Crippen molar-refractivity contribution in [3.05, 3.63) is 59.1 Å². The van der Waals surface area contributed by atoms with E-state index in [-0.39, 0.29) is 12.1 Å². The van der Waals surface area contributed by atoms with E-state index in [4.69, 9.17) is 16.3 Å². The molecular weight excluding hydrogens is 394 g/mol. The van der Waals surface area contributed by atoms with Crippen LogP contribution in [0.4, 0.5) is 16.2 Å². The zero-order chi connectivity index (χ0) is 19.3. The van der Waals surface area contributed by atoms with Crippen molar-refractivity contribution < 1.29 is 9.53 Å². The first kappa shape index (κ1) is 19.4. The molecule has 0 unspecified atom stereocenters. The summed E-state index contributed by atoms with van der Waals surface area (Å²) in [6, 6.07) is 15.9. The molecule has 2 aromatic carbocycles. The quantitative estimate of drug-likeness (QED) is 0.798. The van der Waals surface area contributed by atoms with Gasteiger partial charge in [-0.25, -0.2) is 4.79 Å². The van der Waals surface area contributed by atoms with E-state index in [9.17, 15) is 4.79 Å². The van der Waals surface area contributed by atoms with Gasteiger partial charge in [0.15, 0.2) is 0 Å². The molecule has 1 atom stereocenters. The van der Waals surface area contributed by atoms with Crippen molar-refractivity contribution in [2.75, 3.05) is 54.6 Å². The Morgan fingerprint density at radius 3 is 2.64 bits per heavy atom. The molecular formula is C21H24ClN3O2S. The van der Waals surface area contributed by atoms with Crippen molar-refractivity contribution in [3.8, 4) is 0 Å². The molecule has 0 saturated carbocycles. The van der Waals surface area contributed by atoms with Crippen LogP contribution in [0, 0.1) is 0 Å². The molecule has 0 radical (unpaired) electrons. The molecule has 4 rings (SSSR count). The Morgan fingerprint density at radius 2 is 1.86 bits per heavy atom. The summed E-state index contributed by atoms with van der Waals surface area (Å²) < 4.78 is 5.46. The number of amides is 2. The predicted octanol–water partition coefficient (Wildman–Crippen LogP) is 4.50. The van der Waals surface area contributed by atoms with Crippen LogP contribution in [0.5, 0.6) is 0 Å². The highest BCUT2D eigenvalue weighted by molar-refractivity contribution is 7.99. The lowest BCUT2D eigenvalue weighted by molar-refractivity contribution is 0.123. The van der Waals surface area contributed by atoms with Crippen LogP contribution in [-0.4, -0.2) is 55.3 Å². The minimum atomic E-state index is -0.0778. The lowest BCUT2D eigenvalue weighted by Gasteiger charge is -2.36. The van der Waals surface area contributed by atoms with Crippen LogP contribution in [0.25, 0.3) is 0 Å². The van der Waals surface area contributed by atoms with E-state index in [2.05, 4.69) is 22.3 Å². The Hall–Kier alpha value is -1.89. The van der Waals surface area contributed by atoms with E-state index in [1.54, 1.807) is 0 Å². The standard InChI is InChI=1S/C21H24ClN3O2S/c22-17-7-4-8-18(20(17)24-9-12-27-13-10-24)23-21(26)25-11-14-28-15-19(25)16-5-2-1-3-6-16/h1-8,19H,9-15H2,(H,23,26)/t19-/m0/s1. The number of carbonyl (C=O) groups excluding carboxylic acids is 1. The number of anilines is 2. The fourth-order valence-electron chi connectivity index (χ4n) is 3.71. The minimum Gasteiger partial charge on any atom is -0.378 e. The van der Waals surface area contributed by atoms with Gasteiger partial charge in [-0.15, -0.1) is 0 Å². The lowest BCUT2D eigenvalue weighted by atomic mass is 10.1. The second-order valence-electron chi connectivity index (χ2n) is 6.86. The van der Waals surface area contributed by atoms with Crippen molar-refractivity contribution in [2.24, 2.45) is 0 Å². The van der Waals surface area contributed by atoms with Gasteiger partial charge in [-0.1, -0.05) is 48.0 Å². The normalized spacial score (nSPS) is 20.1. The second-order valence-corrected chi connectivity index (χ2v) is 8.42. The van der Waals surface area contributed by atoms with Gasteiger partial charge in [0.1, 0.15) is 0 Å². The van der Waals surface area contributed by atoms with E-state index in [0.717, 1.165) is 42.5 Å². The van der Waals surface area contributed by atoms with Gasteiger partial charge < -0.3 is 19.9 Å². The molecule has 2 heterocycles. The van der Waals surface area contributed by atoms with E-state index in [1.165, 1.54) is 5.56 Å². The van der Waals surface area contributed by atoms with Gasteiger partial charge in [0.25, 0.3) is 0 Å². The highest BCUT2D eigenvalue weighted by Crippen LogP contribution is 2.36. The Bertz CT molecular complexity index is 815. The number of hydrogen-bond donors (Lipinski definition) is 1. The predicted molar refractivity (Wildman–Crippen MR) is 117 cm³/mol. The van der Waals surface area contributed by atoms with Crippen LogP contribution in [-0.2, 0) is 4.74 Å². The smallest absolute Gasteiger partial charge is 0.322 e. The van der Waals surface area contributed by atoms with E-state index >= 15 is 0 Å².